The van der Waals surface area contributed by atoms with Gasteiger partial charge in [0, 0.05) is 12.3 Å². The fraction of sp³-hybridized carbons (Fsp3) is 0.160. The molecule has 0 aromatic heterocycles. The van der Waals surface area contributed by atoms with Crippen LogP contribution in [0.25, 0.3) is 16.3 Å². The number of benzene rings is 3. The second-order valence-electron chi connectivity index (χ2n) is 7.22. The fourth-order valence-corrected chi connectivity index (χ4v) is 4.99. The van der Waals surface area contributed by atoms with Crippen molar-refractivity contribution in [1.29, 1.82) is 0 Å². The molecule has 0 bridgehead atoms. The summed E-state index contributed by atoms with van der Waals surface area (Å²) in [5, 5.41) is 2.43. The number of halogens is 1. The number of hydrogen-bond donors (Lipinski definition) is 0. The van der Waals surface area contributed by atoms with Gasteiger partial charge in [-0.3, -0.25) is 0 Å². The van der Waals surface area contributed by atoms with Gasteiger partial charge in [0.15, 0.2) is 0 Å². The summed E-state index contributed by atoms with van der Waals surface area (Å²) in [7, 11) is 0. The van der Waals surface area contributed by atoms with Crippen molar-refractivity contribution in [2.75, 3.05) is 0 Å². The predicted octanol–water partition coefficient (Wildman–Crippen LogP) is 6.81. The molecule has 1 aliphatic rings. The Balaban J connectivity index is 1.66. The van der Waals surface area contributed by atoms with Gasteiger partial charge in [0.25, 0.3) is 0 Å². The predicted molar refractivity (Wildman–Crippen MR) is 123 cm³/mol. The maximum atomic E-state index is 12.6. The molecule has 0 amide bonds. The van der Waals surface area contributed by atoms with E-state index in [-0.39, 0.29) is 18.0 Å². The zero-order chi connectivity index (χ0) is 19.7. The van der Waals surface area contributed by atoms with Crippen molar-refractivity contribution in [3.05, 3.63) is 99.7 Å². The number of carbonyl (C=O) groups is 1. The van der Waals surface area contributed by atoms with Crippen molar-refractivity contribution in [3.63, 3.8) is 0 Å². The molecule has 0 fully saturated rings. The first-order chi connectivity index (χ1) is 13.5. The van der Waals surface area contributed by atoms with E-state index in [0.717, 1.165) is 12.0 Å². The Morgan fingerprint density at radius 1 is 1.00 bits per heavy atom. The molecule has 3 heteroatoms. The number of ether oxygens (including phenoxy) is 1. The maximum absolute atomic E-state index is 12.6. The van der Waals surface area contributed by atoms with Crippen LogP contribution in [0.15, 0.2) is 88.5 Å². The van der Waals surface area contributed by atoms with Gasteiger partial charge in [-0.25, -0.2) is 4.79 Å². The highest BCUT2D eigenvalue weighted by atomic mass is 127. The van der Waals surface area contributed by atoms with E-state index >= 15 is 0 Å². The minimum absolute atomic E-state index is 0.000671. The Bertz CT molecular complexity index is 1080. The molecule has 2 atom stereocenters. The molecule has 28 heavy (non-hydrogen) atoms. The van der Waals surface area contributed by atoms with Gasteiger partial charge in [-0.15, -0.1) is 0 Å². The summed E-state index contributed by atoms with van der Waals surface area (Å²) in [6.07, 6.45) is 0.498. The number of fused-ring (bicyclic) bond motifs is 1. The van der Waals surface area contributed by atoms with E-state index in [0.29, 0.717) is 5.56 Å². The minimum Gasteiger partial charge on any atom is -0.457 e. The summed E-state index contributed by atoms with van der Waals surface area (Å²) >= 11 is 2.39. The van der Waals surface area contributed by atoms with E-state index < -0.39 is 0 Å². The number of esters is 1. The Kier molecular flexibility index (Phi) is 5.36. The van der Waals surface area contributed by atoms with E-state index in [1.165, 1.54) is 25.5 Å². The van der Waals surface area contributed by atoms with Crippen LogP contribution in [0, 0.1) is 5.92 Å². The monoisotopic (exact) mass is 480 g/mol. The van der Waals surface area contributed by atoms with Gasteiger partial charge >= 0.3 is 5.97 Å². The summed E-state index contributed by atoms with van der Waals surface area (Å²) in [4.78, 5) is 12.6. The maximum Gasteiger partial charge on any atom is 0.338 e. The molecule has 0 unspecified atom stereocenters. The molecule has 3 aromatic rings. The van der Waals surface area contributed by atoms with Crippen molar-refractivity contribution in [2.24, 2.45) is 5.92 Å². The van der Waals surface area contributed by atoms with Crippen molar-refractivity contribution in [3.8, 4) is 0 Å². The van der Waals surface area contributed by atoms with Gasteiger partial charge in [0.05, 0.1) is 5.56 Å². The Morgan fingerprint density at radius 2 is 1.68 bits per heavy atom. The molecule has 0 saturated heterocycles. The first kappa shape index (κ1) is 18.9. The zero-order valence-electron chi connectivity index (χ0n) is 15.7. The average molecular weight is 480 g/mol. The quantitative estimate of drug-likeness (QED) is 0.233. The number of carbonyl (C=O) groups excluding carboxylic acids is 1. The van der Waals surface area contributed by atoms with Crippen LogP contribution in [0.3, 0.4) is 0 Å². The molecule has 0 saturated carbocycles. The van der Waals surface area contributed by atoms with E-state index in [2.05, 4.69) is 71.6 Å². The fourth-order valence-electron chi connectivity index (χ4n) is 3.91. The molecule has 0 radical (unpaired) electrons. The second kappa shape index (κ2) is 7.92. The Morgan fingerprint density at radius 3 is 2.39 bits per heavy atom. The molecule has 0 heterocycles. The molecule has 3 aromatic carbocycles. The van der Waals surface area contributed by atoms with E-state index in [1.54, 1.807) is 12.1 Å². The minimum atomic E-state index is -0.277. The van der Waals surface area contributed by atoms with Crippen LogP contribution in [0.4, 0.5) is 0 Å². The summed E-state index contributed by atoms with van der Waals surface area (Å²) in [5.41, 5.74) is 4.00. The topological polar surface area (TPSA) is 26.3 Å². The molecule has 4 rings (SSSR count). The molecular weight excluding hydrogens is 459 g/mol. The highest BCUT2D eigenvalue weighted by Crippen LogP contribution is 2.47. The average Bonchev–Trinajstić information content (AvgIpc) is 3.04. The standard InChI is InChI=1S/C25H21IO2/c1-16(2)23-22(28-25(27)18-9-4-3-5-10-18)15-21(26)24(23)20-13-12-17-8-6-7-11-19(17)14-20/h3-14,22-23H,1,15H2,2H3/t22-,23+/m1/s1. The second-order valence-corrected chi connectivity index (χ2v) is 8.52. The van der Waals surface area contributed by atoms with Crippen LogP contribution < -0.4 is 0 Å². The highest BCUT2D eigenvalue weighted by molar-refractivity contribution is 14.1. The van der Waals surface area contributed by atoms with Crippen molar-refractivity contribution >= 4 is 44.9 Å². The van der Waals surface area contributed by atoms with E-state index in [4.69, 9.17) is 4.74 Å². The number of rotatable bonds is 4. The zero-order valence-corrected chi connectivity index (χ0v) is 17.8. The lowest BCUT2D eigenvalue weighted by Crippen LogP contribution is -2.24. The first-order valence-corrected chi connectivity index (χ1v) is 10.4. The molecule has 0 N–H and O–H groups in total. The number of hydrogen-bond acceptors (Lipinski definition) is 2. The van der Waals surface area contributed by atoms with Crippen LogP contribution in [-0.2, 0) is 4.74 Å². The smallest absolute Gasteiger partial charge is 0.338 e. The van der Waals surface area contributed by atoms with Crippen molar-refractivity contribution in [2.45, 2.75) is 19.4 Å². The van der Waals surface area contributed by atoms with E-state index in [9.17, 15) is 4.79 Å². The lowest BCUT2D eigenvalue weighted by molar-refractivity contribution is 0.0269. The first-order valence-electron chi connectivity index (χ1n) is 9.34. The normalized spacial score (nSPS) is 19.1. The third-order valence-corrected chi connectivity index (χ3v) is 6.24. The summed E-state index contributed by atoms with van der Waals surface area (Å²) in [6, 6.07) is 24.1. The molecule has 2 nitrogen and oxygen atoms in total. The molecule has 1 aliphatic carbocycles. The lowest BCUT2D eigenvalue weighted by atomic mass is 9.87. The largest absolute Gasteiger partial charge is 0.457 e. The van der Waals surface area contributed by atoms with Crippen molar-refractivity contribution < 1.29 is 9.53 Å². The lowest BCUT2D eigenvalue weighted by Gasteiger charge is -2.24. The summed E-state index contributed by atoms with van der Waals surface area (Å²) in [5.74, 6) is -0.276. The third kappa shape index (κ3) is 3.63. The van der Waals surface area contributed by atoms with Crippen LogP contribution in [-0.4, -0.2) is 12.1 Å². The van der Waals surface area contributed by atoms with Gasteiger partial charge < -0.3 is 4.74 Å². The van der Waals surface area contributed by atoms with Crippen molar-refractivity contribution in [1.82, 2.24) is 0 Å². The highest BCUT2D eigenvalue weighted by Gasteiger charge is 2.37. The van der Waals surface area contributed by atoms with E-state index in [1.807, 2.05) is 25.1 Å². The van der Waals surface area contributed by atoms with Gasteiger partial charge in [-0.2, -0.15) is 0 Å². The van der Waals surface area contributed by atoms with Crippen LogP contribution in [0.5, 0.6) is 0 Å². The molecule has 0 spiro atoms. The molecule has 0 aliphatic heterocycles. The van der Waals surface area contributed by atoms with Gasteiger partial charge in [0.2, 0.25) is 0 Å². The summed E-state index contributed by atoms with van der Waals surface area (Å²) < 4.78 is 7.16. The third-order valence-electron chi connectivity index (χ3n) is 5.21. The van der Waals surface area contributed by atoms with Gasteiger partial charge in [-0.1, -0.05) is 66.7 Å². The SMILES string of the molecule is C=C(C)[C@@H]1C(c2ccc3ccccc3c2)=C(I)C[C@H]1OC(=O)c1ccccc1. The Labute approximate surface area is 179 Å². The van der Waals surface area contributed by atoms with Crippen LogP contribution in [0.1, 0.15) is 29.3 Å². The molecule has 140 valence electrons. The Hall–Kier alpha value is -2.40. The van der Waals surface area contributed by atoms with Crippen LogP contribution in [0.2, 0.25) is 0 Å². The van der Waals surface area contributed by atoms with Gasteiger partial charge in [-0.05, 0) is 73.2 Å². The van der Waals surface area contributed by atoms with Crippen LogP contribution >= 0.6 is 22.6 Å². The molecular formula is C25H21IO2. The summed E-state index contributed by atoms with van der Waals surface area (Å²) in [6.45, 7) is 6.23. The van der Waals surface area contributed by atoms with Gasteiger partial charge in [0.1, 0.15) is 6.10 Å².